The number of ether oxygens (including phenoxy) is 1. The van der Waals surface area contributed by atoms with Crippen molar-refractivity contribution in [2.24, 2.45) is 0 Å². The molecule has 0 atom stereocenters. The summed E-state index contributed by atoms with van der Waals surface area (Å²) in [6, 6.07) is 12.5. The van der Waals surface area contributed by atoms with Crippen molar-refractivity contribution in [2.75, 3.05) is 26.2 Å². The van der Waals surface area contributed by atoms with Gasteiger partial charge in [-0.2, -0.15) is 4.31 Å². The molecule has 0 N–H and O–H groups in total. The van der Waals surface area contributed by atoms with E-state index in [4.69, 9.17) is 4.74 Å². The van der Waals surface area contributed by atoms with Crippen LogP contribution in [-0.4, -0.2) is 55.8 Å². The monoisotopic (exact) mass is 416 g/mol. The number of amides is 1. The predicted molar refractivity (Wildman–Crippen MR) is 113 cm³/mol. The van der Waals surface area contributed by atoms with Gasteiger partial charge in [-0.15, -0.1) is 0 Å². The van der Waals surface area contributed by atoms with E-state index in [2.05, 4.69) is 0 Å². The lowest BCUT2D eigenvalue weighted by Gasteiger charge is -2.34. The van der Waals surface area contributed by atoms with E-state index in [1.165, 1.54) is 4.31 Å². The van der Waals surface area contributed by atoms with Gasteiger partial charge >= 0.3 is 0 Å². The van der Waals surface area contributed by atoms with Gasteiger partial charge in [-0.25, -0.2) is 8.42 Å². The van der Waals surface area contributed by atoms with E-state index in [9.17, 15) is 13.2 Å². The second kappa shape index (κ2) is 8.55. The van der Waals surface area contributed by atoms with Crippen molar-refractivity contribution in [2.45, 2.75) is 38.7 Å². The molecule has 1 saturated heterocycles. The fourth-order valence-corrected chi connectivity index (χ4v) is 5.12. The molecular weight excluding hydrogens is 388 g/mol. The molecule has 0 bridgehead atoms. The van der Waals surface area contributed by atoms with Gasteiger partial charge in [0.25, 0.3) is 5.91 Å². The predicted octanol–water partition coefficient (Wildman–Crippen LogP) is 3.24. The Bertz CT molecular complexity index is 976. The maximum Gasteiger partial charge on any atom is 0.253 e. The first-order valence-electron chi connectivity index (χ1n) is 9.82. The number of hydrogen-bond acceptors (Lipinski definition) is 4. The standard InChI is InChI=1S/C22H28N2O4S/c1-16(2)28-20-9-7-19(8-10-20)22(25)23-11-13-24(14-12-23)29(26,27)21-15-17(3)5-6-18(21)4/h5-10,15-16H,11-14H2,1-4H3. The number of aryl methyl sites for hydroxylation is 2. The van der Waals surface area contributed by atoms with Crippen LogP contribution in [0.5, 0.6) is 5.75 Å². The third-order valence-electron chi connectivity index (χ3n) is 4.96. The van der Waals surface area contributed by atoms with Gasteiger partial charge in [0, 0.05) is 31.7 Å². The summed E-state index contributed by atoms with van der Waals surface area (Å²) >= 11 is 0. The molecule has 2 aromatic rings. The quantitative estimate of drug-likeness (QED) is 0.751. The Morgan fingerprint density at radius 1 is 0.966 bits per heavy atom. The number of piperazine rings is 1. The summed E-state index contributed by atoms with van der Waals surface area (Å²) in [4.78, 5) is 14.8. The molecule has 0 spiro atoms. The van der Waals surface area contributed by atoms with Crippen molar-refractivity contribution < 1.29 is 17.9 Å². The van der Waals surface area contributed by atoms with Crippen molar-refractivity contribution in [3.8, 4) is 5.75 Å². The van der Waals surface area contributed by atoms with Crippen molar-refractivity contribution >= 4 is 15.9 Å². The molecule has 0 unspecified atom stereocenters. The Hall–Kier alpha value is -2.38. The van der Waals surface area contributed by atoms with Gasteiger partial charge in [-0.05, 0) is 69.2 Å². The lowest BCUT2D eigenvalue weighted by molar-refractivity contribution is 0.0698. The van der Waals surface area contributed by atoms with Crippen LogP contribution in [0, 0.1) is 13.8 Å². The zero-order valence-corrected chi connectivity index (χ0v) is 18.2. The summed E-state index contributed by atoms with van der Waals surface area (Å²) < 4.78 is 33.2. The van der Waals surface area contributed by atoms with Gasteiger partial charge in [0.15, 0.2) is 0 Å². The summed E-state index contributed by atoms with van der Waals surface area (Å²) in [5.74, 6) is 0.630. The van der Waals surface area contributed by atoms with Crippen LogP contribution >= 0.6 is 0 Å². The molecule has 0 aromatic heterocycles. The summed E-state index contributed by atoms with van der Waals surface area (Å²) in [6.07, 6.45) is 0.0728. The maximum absolute atomic E-state index is 13.0. The first kappa shape index (κ1) is 21.3. The highest BCUT2D eigenvalue weighted by Crippen LogP contribution is 2.23. The van der Waals surface area contributed by atoms with Gasteiger partial charge in [-0.3, -0.25) is 4.79 Å². The molecule has 1 fully saturated rings. The minimum absolute atomic E-state index is 0.0728. The first-order chi connectivity index (χ1) is 13.7. The number of sulfonamides is 1. The summed E-state index contributed by atoms with van der Waals surface area (Å²) in [6.45, 7) is 8.90. The highest BCUT2D eigenvalue weighted by Gasteiger charge is 2.31. The fourth-order valence-electron chi connectivity index (χ4n) is 3.39. The molecule has 7 heteroatoms. The van der Waals surface area contributed by atoms with E-state index >= 15 is 0 Å². The number of nitrogens with zero attached hydrogens (tertiary/aromatic N) is 2. The number of hydrogen-bond donors (Lipinski definition) is 0. The van der Waals surface area contributed by atoms with Crippen LogP contribution in [0.15, 0.2) is 47.4 Å². The van der Waals surface area contributed by atoms with Crippen LogP contribution in [0.25, 0.3) is 0 Å². The third kappa shape index (κ3) is 4.79. The molecule has 0 aliphatic carbocycles. The average Bonchev–Trinajstić information content (AvgIpc) is 2.69. The second-order valence-electron chi connectivity index (χ2n) is 7.66. The summed E-state index contributed by atoms with van der Waals surface area (Å²) in [7, 11) is -3.57. The van der Waals surface area contributed by atoms with Gasteiger partial charge in [0.1, 0.15) is 5.75 Å². The molecule has 6 nitrogen and oxygen atoms in total. The van der Waals surface area contributed by atoms with Crippen LogP contribution in [0.1, 0.15) is 35.3 Å². The third-order valence-corrected chi connectivity index (χ3v) is 7.00. The Morgan fingerprint density at radius 3 is 2.17 bits per heavy atom. The number of carbonyl (C=O) groups is 1. The maximum atomic E-state index is 13.0. The molecule has 2 aromatic carbocycles. The van der Waals surface area contributed by atoms with E-state index in [1.54, 1.807) is 42.2 Å². The second-order valence-corrected chi connectivity index (χ2v) is 9.56. The molecule has 1 aliphatic rings. The molecular formula is C22H28N2O4S. The average molecular weight is 417 g/mol. The van der Waals surface area contributed by atoms with E-state index in [0.29, 0.717) is 23.5 Å². The molecule has 156 valence electrons. The van der Waals surface area contributed by atoms with Crippen LogP contribution in [-0.2, 0) is 10.0 Å². The Labute approximate surface area is 173 Å². The topological polar surface area (TPSA) is 66.9 Å². The van der Waals surface area contributed by atoms with Crippen LogP contribution in [0.3, 0.4) is 0 Å². The molecule has 29 heavy (non-hydrogen) atoms. The van der Waals surface area contributed by atoms with Crippen molar-refractivity contribution in [1.29, 1.82) is 0 Å². The zero-order chi connectivity index (χ0) is 21.2. The largest absolute Gasteiger partial charge is 0.491 e. The minimum Gasteiger partial charge on any atom is -0.491 e. The number of rotatable bonds is 5. The van der Waals surface area contributed by atoms with E-state index in [-0.39, 0.29) is 25.1 Å². The smallest absolute Gasteiger partial charge is 0.253 e. The van der Waals surface area contributed by atoms with Gasteiger partial charge < -0.3 is 9.64 Å². The van der Waals surface area contributed by atoms with Crippen molar-refractivity contribution in [3.63, 3.8) is 0 Å². The van der Waals surface area contributed by atoms with Crippen molar-refractivity contribution in [1.82, 2.24) is 9.21 Å². The molecule has 1 heterocycles. The van der Waals surface area contributed by atoms with E-state index in [1.807, 2.05) is 32.9 Å². The Morgan fingerprint density at radius 2 is 1.59 bits per heavy atom. The molecule has 0 radical (unpaired) electrons. The van der Waals surface area contributed by atoms with E-state index < -0.39 is 10.0 Å². The summed E-state index contributed by atoms with van der Waals surface area (Å²) in [5.41, 5.74) is 2.22. The van der Waals surface area contributed by atoms with Crippen LogP contribution in [0.4, 0.5) is 0 Å². The highest BCUT2D eigenvalue weighted by molar-refractivity contribution is 7.89. The molecule has 0 saturated carbocycles. The van der Waals surface area contributed by atoms with E-state index in [0.717, 1.165) is 16.9 Å². The first-order valence-corrected chi connectivity index (χ1v) is 11.3. The lowest BCUT2D eigenvalue weighted by atomic mass is 10.2. The molecule has 1 amide bonds. The van der Waals surface area contributed by atoms with Gasteiger partial charge in [0.05, 0.1) is 11.0 Å². The van der Waals surface area contributed by atoms with Gasteiger partial charge in [-0.1, -0.05) is 12.1 Å². The molecule has 3 rings (SSSR count). The lowest BCUT2D eigenvalue weighted by Crippen LogP contribution is -2.50. The number of benzene rings is 2. The Balaban J connectivity index is 1.67. The Kier molecular flexibility index (Phi) is 6.29. The fraction of sp³-hybridized carbons (Fsp3) is 0.409. The van der Waals surface area contributed by atoms with Gasteiger partial charge in [0.2, 0.25) is 10.0 Å². The normalized spacial score (nSPS) is 15.6. The number of carbonyl (C=O) groups excluding carboxylic acids is 1. The zero-order valence-electron chi connectivity index (χ0n) is 17.4. The molecule has 1 aliphatic heterocycles. The minimum atomic E-state index is -3.57. The van der Waals surface area contributed by atoms with Crippen LogP contribution < -0.4 is 4.74 Å². The summed E-state index contributed by atoms with van der Waals surface area (Å²) in [5, 5.41) is 0. The highest BCUT2D eigenvalue weighted by atomic mass is 32.2. The van der Waals surface area contributed by atoms with Crippen molar-refractivity contribution in [3.05, 3.63) is 59.2 Å². The van der Waals surface area contributed by atoms with Crippen LogP contribution in [0.2, 0.25) is 0 Å². The SMILES string of the molecule is Cc1ccc(C)c(S(=O)(=O)N2CCN(C(=O)c3ccc(OC(C)C)cc3)CC2)c1.